The minimum Gasteiger partial charge on any atom is -0.298 e. The van der Waals surface area contributed by atoms with Gasteiger partial charge in [-0.15, -0.1) is 11.8 Å². The monoisotopic (exact) mass is 322 g/mol. The minimum absolute atomic E-state index is 0.719. The van der Waals surface area contributed by atoms with Gasteiger partial charge in [0.1, 0.15) is 6.29 Å². The summed E-state index contributed by atoms with van der Waals surface area (Å²) in [5.74, 6) is 0. The fourth-order valence-corrected chi connectivity index (χ4v) is 4.20. The molecular weight excluding hydrogens is 300 g/mol. The molecule has 118 valence electrons. The van der Waals surface area contributed by atoms with Crippen molar-refractivity contribution < 1.29 is 4.79 Å². The van der Waals surface area contributed by atoms with Gasteiger partial charge in [0.25, 0.3) is 0 Å². The van der Waals surface area contributed by atoms with Crippen molar-refractivity contribution in [3.05, 3.63) is 64.7 Å². The summed E-state index contributed by atoms with van der Waals surface area (Å²) in [6.07, 6.45) is 6.79. The Kier molecular flexibility index (Phi) is 5.02. The lowest BCUT2D eigenvalue weighted by Crippen LogP contribution is -2.09. The van der Waals surface area contributed by atoms with Crippen molar-refractivity contribution >= 4 is 29.7 Å². The predicted octanol–water partition coefficient (Wildman–Crippen LogP) is 5.88. The molecule has 0 N–H and O–H groups in total. The number of fused-ring (bicyclic) bond motifs is 1. The van der Waals surface area contributed by atoms with E-state index in [2.05, 4.69) is 38.1 Å². The van der Waals surface area contributed by atoms with Crippen molar-refractivity contribution in [1.29, 1.82) is 0 Å². The molecule has 23 heavy (non-hydrogen) atoms. The van der Waals surface area contributed by atoms with Crippen molar-refractivity contribution in [3.8, 4) is 0 Å². The van der Waals surface area contributed by atoms with Crippen LogP contribution in [0.4, 0.5) is 0 Å². The van der Waals surface area contributed by atoms with Gasteiger partial charge in [-0.1, -0.05) is 49.4 Å². The van der Waals surface area contributed by atoms with Crippen LogP contribution >= 0.6 is 11.8 Å². The molecule has 0 aromatic heterocycles. The summed E-state index contributed by atoms with van der Waals surface area (Å²) in [7, 11) is 0. The number of hydrogen-bond acceptors (Lipinski definition) is 2. The van der Waals surface area contributed by atoms with Gasteiger partial charge in [-0.05, 0) is 54.5 Å². The van der Waals surface area contributed by atoms with Gasteiger partial charge in [0.05, 0.1) is 0 Å². The van der Waals surface area contributed by atoms with E-state index in [9.17, 15) is 4.79 Å². The maximum atomic E-state index is 10.7. The molecule has 3 rings (SSSR count). The second-order valence-electron chi connectivity index (χ2n) is 6.12. The molecule has 0 amide bonds. The van der Waals surface area contributed by atoms with Crippen molar-refractivity contribution in [2.45, 2.75) is 43.3 Å². The van der Waals surface area contributed by atoms with Gasteiger partial charge in [-0.2, -0.15) is 0 Å². The van der Waals surface area contributed by atoms with Crippen LogP contribution in [0.5, 0.6) is 0 Å². The van der Waals surface area contributed by atoms with Gasteiger partial charge in [0, 0.05) is 15.7 Å². The third-order valence-corrected chi connectivity index (χ3v) is 6.01. The standard InChI is InChI=1S/C21H22OS/c1-3-20-10-8-19-13-18(9-11-21(19)23-20)15(2)12-16-4-6-17(14-22)7-5-16/h4-7,9,11-14,20H,3,8,10H2,1-2H3/b15-12+. The number of allylic oxidation sites excluding steroid dienone is 1. The molecule has 1 aliphatic rings. The van der Waals surface area contributed by atoms with Gasteiger partial charge < -0.3 is 0 Å². The Labute approximate surface area is 142 Å². The SMILES string of the molecule is CCC1CCc2cc(/C(C)=C/c3ccc(C=O)cc3)ccc2S1. The summed E-state index contributed by atoms with van der Waals surface area (Å²) < 4.78 is 0. The van der Waals surface area contributed by atoms with E-state index in [1.165, 1.54) is 40.9 Å². The van der Waals surface area contributed by atoms with Gasteiger partial charge in [-0.25, -0.2) is 0 Å². The lowest BCUT2D eigenvalue weighted by atomic mass is 9.98. The summed E-state index contributed by atoms with van der Waals surface area (Å²) >= 11 is 2.03. The molecule has 2 aromatic carbocycles. The Hall–Kier alpha value is -1.80. The molecule has 0 fully saturated rings. The first-order chi connectivity index (χ1) is 11.2. The van der Waals surface area contributed by atoms with Crippen LogP contribution < -0.4 is 0 Å². The molecule has 0 radical (unpaired) electrons. The minimum atomic E-state index is 0.719. The van der Waals surface area contributed by atoms with Crippen molar-refractivity contribution in [2.24, 2.45) is 0 Å². The smallest absolute Gasteiger partial charge is 0.150 e. The van der Waals surface area contributed by atoms with E-state index in [0.29, 0.717) is 0 Å². The first-order valence-corrected chi connectivity index (χ1v) is 9.11. The number of aldehydes is 1. The van der Waals surface area contributed by atoms with Crippen LogP contribution in [0.1, 0.15) is 53.7 Å². The molecule has 1 unspecified atom stereocenters. The van der Waals surface area contributed by atoms with E-state index in [1.54, 1.807) is 0 Å². The number of carbonyl (C=O) groups excluding carboxylic acids is 1. The highest BCUT2D eigenvalue weighted by Gasteiger charge is 2.18. The van der Waals surface area contributed by atoms with E-state index >= 15 is 0 Å². The Morgan fingerprint density at radius 1 is 1.17 bits per heavy atom. The maximum absolute atomic E-state index is 10.7. The zero-order valence-corrected chi connectivity index (χ0v) is 14.5. The molecule has 0 bridgehead atoms. The highest BCUT2D eigenvalue weighted by Crippen LogP contribution is 2.38. The van der Waals surface area contributed by atoms with Crippen LogP contribution in [0.25, 0.3) is 11.6 Å². The number of hydrogen-bond donors (Lipinski definition) is 0. The van der Waals surface area contributed by atoms with Crippen molar-refractivity contribution in [3.63, 3.8) is 0 Å². The molecule has 1 nitrogen and oxygen atoms in total. The van der Waals surface area contributed by atoms with Crippen LogP contribution in [0, 0.1) is 0 Å². The topological polar surface area (TPSA) is 17.1 Å². The van der Waals surface area contributed by atoms with Crippen LogP contribution in [0.2, 0.25) is 0 Å². The highest BCUT2D eigenvalue weighted by molar-refractivity contribution is 8.00. The van der Waals surface area contributed by atoms with Gasteiger partial charge in [0.15, 0.2) is 0 Å². The fraction of sp³-hybridized carbons (Fsp3) is 0.286. The Bertz CT molecular complexity index is 728. The zero-order valence-electron chi connectivity index (χ0n) is 13.7. The third kappa shape index (κ3) is 3.76. The second kappa shape index (κ2) is 7.18. The first-order valence-electron chi connectivity index (χ1n) is 8.23. The van der Waals surface area contributed by atoms with E-state index in [0.717, 1.165) is 22.7 Å². The zero-order chi connectivity index (χ0) is 16.2. The quantitative estimate of drug-likeness (QED) is 0.517. The lowest BCUT2D eigenvalue weighted by Gasteiger charge is -2.23. The van der Waals surface area contributed by atoms with Crippen LogP contribution in [-0.4, -0.2) is 11.5 Å². The molecular formula is C21H22OS. The number of benzene rings is 2. The number of aryl methyl sites for hydroxylation is 1. The largest absolute Gasteiger partial charge is 0.298 e. The molecule has 0 spiro atoms. The Balaban J connectivity index is 1.83. The summed E-state index contributed by atoms with van der Waals surface area (Å²) in [5.41, 5.74) is 5.89. The highest BCUT2D eigenvalue weighted by atomic mass is 32.2. The van der Waals surface area contributed by atoms with Gasteiger partial charge in [-0.3, -0.25) is 4.79 Å². The lowest BCUT2D eigenvalue weighted by molar-refractivity contribution is 0.112. The Morgan fingerprint density at radius 2 is 1.91 bits per heavy atom. The summed E-state index contributed by atoms with van der Waals surface area (Å²) in [4.78, 5) is 12.2. The van der Waals surface area contributed by atoms with Crippen LogP contribution in [0.15, 0.2) is 47.4 Å². The molecule has 0 saturated carbocycles. The number of rotatable bonds is 4. The second-order valence-corrected chi connectivity index (χ2v) is 7.46. The van der Waals surface area contributed by atoms with Crippen LogP contribution in [0.3, 0.4) is 0 Å². The Morgan fingerprint density at radius 3 is 2.61 bits per heavy atom. The van der Waals surface area contributed by atoms with Crippen LogP contribution in [-0.2, 0) is 6.42 Å². The molecule has 0 aliphatic carbocycles. The summed E-state index contributed by atoms with van der Waals surface area (Å²) in [6, 6.07) is 14.6. The molecule has 1 aliphatic heterocycles. The third-order valence-electron chi connectivity index (χ3n) is 4.46. The fourth-order valence-electron chi connectivity index (χ4n) is 2.98. The van der Waals surface area contributed by atoms with E-state index in [-0.39, 0.29) is 0 Å². The van der Waals surface area contributed by atoms with Gasteiger partial charge in [0.2, 0.25) is 0 Å². The summed E-state index contributed by atoms with van der Waals surface area (Å²) in [6.45, 7) is 4.43. The normalized spacial score (nSPS) is 17.7. The molecule has 2 aromatic rings. The predicted molar refractivity (Wildman–Crippen MR) is 100 cm³/mol. The van der Waals surface area contributed by atoms with Gasteiger partial charge >= 0.3 is 0 Å². The van der Waals surface area contributed by atoms with E-state index in [4.69, 9.17) is 0 Å². The maximum Gasteiger partial charge on any atom is 0.150 e. The van der Waals surface area contributed by atoms with Crippen molar-refractivity contribution in [2.75, 3.05) is 0 Å². The average molecular weight is 322 g/mol. The molecule has 2 heteroatoms. The number of thioether (sulfide) groups is 1. The van der Waals surface area contributed by atoms with E-state index in [1.807, 2.05) is 36.0 Å². The number of carbonyl (C=O) groups is 1. The molecule has 0 saturated heterocycles. The first kappa shape index (κ1) is 16.1. The molecule has 1 heterocycles. The average Bonchev–Trinajstić information content (AvgIpc) is 2.61. The summed E-state index contributed by atoms with van der Waals surface area (Å²) in [5, 5.41) is 0.779. The van der Waals surface area contributed by atoms with E-state index < -0.39 is 0 Å². The molecule has 1 atom stereocenters. The van der Waals surface area contributed by atoms with Crippen molar-refractivity contribution in [1.82, 2.24) is 0 Å².